The smallest absolute Gasteiger partial charge is 0.253 e. The van der Waals surface area contributed by atoms with E-state index in [4.69, 9.17) is 4.74 Å². The van der Waals surface area contributed by atoms with Crippen LogP contribution in [0.1, 0.15) is 16.1 Å². The lowest BCUT2D eigenvalue weighted by Gasteiger charge is -1.99. The van der Waals surface area contributed by atoms with Gasteiger partial charge in [-0.3, -0.25) is 9.78 Å². The molecule has 62 valence electrons. The fourth-order valence-corrected chi connectivity index (χ4v) is 1.18. The van der Waals surface area contributed by atoms with Crippen LogP contribution in [0.25, 0.3) is 0 Å². The molecule has 0 saturated heterocycles. The van der Waals surface area contributed by atoms with Crippen molar-refractivity contribution in [2.45, 2.75) is 6.54 Å². The second-order valence-corrected chi connectivity index (χ2v) is 2.55. The first-order chi connectivity index (χ1) is 5.81. The van der Waals surface area contributed by atoms with Gasteiger partial charge in [0.25, 0.3) is 5.91 Å². The van der Waals surface area contributed by atoms with Crippen LogP contribution in [0, 0.1) is 0 Å². The number of hydrogen-bond acceptors (Lipinski definition) is 3. The minimum absolute atomic E-state index is 0.0728. The van der Waals surface area contributed by atoms with E-state index in [1.54, 1.807) is 19.4 Å². The molecule has 4 nitrogen and oxygen atoms in total. The van der Waals surface area contributed by atoms with E-state index in [0.717, 1.165) is 5.69 Å². The molecule has 0 unspecified atom stereocenters. The number of aromatic nitrogens is 1. The van der Waals surface area contributed by atoms with E-state index in [-0.39, 0.29) is 5.91 Å². The standard InChI is InChI=1S/C8H8N2O2/c1-12-5-2-6-7(9-3-5)4-10-8(6)11/h2-3H,4H2,1H3,(H,10,11). The Bertz CT molecular complexity index is 336. The molecule has 0 spiro atoms. The van der Waals surface area contributed by atoms with E-state index in [9.17, 15) is 4.79 Å². The van der Waals surface area contributed by atoms with Crippen LogP contribution in [0.5, 0.6) is 5.75 Å². The van der Waals surface area contributed by atoms with E-state index < -0.39 is 0 Å². The molecule has 0 radical (unpaired) electrons. The normalized spacial score (nSPS) is 13.9. The van der Waals surface area contributed by atoms with Crippen LogP contribution in [0.3, 0.4) is 0 Å². The Labute approximate surface area is 69.6 Å². The van der Waals surface area contributed by atoms with Gasteiger partial charge in [0, 0.05) is 0 Å². The number of rotatable bonds is 1. The number of carbonyl (C=O) groups excluding carboxylic acids is 1. The first-order valence-electron chi connectivity index (χ1n) is 3.62. The maximum absolute atomic E-state index is 11.1. The average molecular weight is 164 g/mol. The lowest BCUT2D eigenvalue weighted by atomic mass is 10.2. The Morgan fingerprint density at radius 1 is 1.67 bits per heavy atom. The third kappa shape index (κ3) is 0.922. The molecule has 12 heavy (non-hydrogen) atoms. The van der Waals surface area contributed by atoms with Crippen molar-refractivity contribution < 1.29 is 9.53 Å². The summed E-state index contributed by atoms with van der Waals surface area (Å²) in [5, 5.41) is 2.68. The summed E-state index contributed by atoms with van der Waals surface area (Å²) in [6.07, 6.45) is 1.61. The predicted molar refractivity (Wildman–Crippen MR) is 42.0 cm³/mol. The predicted octanol–water partition coefficient (Wildman–Crippen LogP) is 0.334. The number of nitrogens with zero attached hydrogens (tertiary/aromatic N) is 1. The summed E-state index contributed by atoms with van der Waals surface area (Å²) < 4.78 is 4.95. The van der Waals surface area contributed by atoms with Crippen LogP contribution in [0.4, 0.5) is 0 Å². The molecule has 2 heterocycles. The van der Waals surface area contributed by atoms with Crippen LogP contribution in [-0.2, 0) is 6.54 Å². The van der Waals surface area contributed by atoms with E-state index in [0.29, 0.717) is 17.9 Å². The highest BCUT2D eigenvalue weighted by Gasteiger charge is 2.20. The van der Waals surface area contributed by atoms with Crippen molar-refractivity contribution in [3.8, 4) is 5.75 Å². The highest BCUT2D eigenvalue weighted by Crippen LogP contribution is 2.18. The molecule has 1 aromatic heterocycles. The van der Waals surface area contributed by atoms with Crippen molar-refractivity contribution in [3.63, 3.8) is 0 Å². The summed E-state index contributed by atoms with van der Waals surface area (Å²) in [6.45, 7) is 0.526. The second kappa shape index (κ2) is 2.48. The quantitative estimate of drug-likeness (QED) is 0.650. The van der Waals surface area contributed by atoms with Gasteiger partial charge in [0.1, 0.15) is 5.75 Å². The van der Waals surface area contributed by atoms with E-state index in [2.05, 4.69) is 10.3 Å². The van der Waals surface area contributed by atoms with Crippen LogP contribution < -0.4 is 10.1 Å². The molecule has 0 aliphatic carbocycles. The number of methoxy groups -OCH3 is 1. The van der Waals surface area contributed by atoms with Gasteiger partial charge >= 0.3 is 0 Å². The third-order valence-corrected chi connectivity index (χ3v) is 1.84. The molecule has 0 saturated carbocycles. The molecule has 1 amide bonds. The summed E-state index contributed by atoms with van der Waals surface area (Å²) >= 11 is 0. The van der Waals surface area contributed by atoms with Crippen LogP contribution in [0.15, 0.2) is 12.3 Å². The first kappa shape index (κ1) is 7.09. The van der Waals surface area contributed by atoms with Crippen LogP contribution in [0.2, 0.25) is 0 Å². The number of amides is 1. The summed E-state index contributed by atoms with van der Waals surface area (Å²) in [6, 6.07) is 1.70. The van der Waals surface area contributed by atoms with Gasteiger partial charge in [0.2, 0.25) is 0 Å². The minimum atomic E-state index is -0.0728. The fourth-order valence-electron chi connectivity index (χ4n) is 1.18. The summed E-state index contributed by atoms with van der Waals surface area (Å²) in [5.74, 6) is 0.544. The number of carbonyl (C=O) groups is 1. The number of ether oxygens (including phenoxy) is 1. The molecule has 1 aliphatic rings. The Morgan fingerprint density at radius 2 is 2.50 bits per heavy atom. The second-order valence-electron chi connectivity index (χ2n) is 2.55. The van der Waals surface area contributed by atoms with Gasteiger partial charge < -0.3 is 10.1 Å². The van der Waals surface area contributed by atoms with Crippen molar-refractivity contribution in [2.75, 3.05) is 7.11 Å². The fraction of sp³-hybridized carbons (Fsp3) is 0.250. The molecule has 2 rings (SSSR count). The molecule has 1 aliphatic heterocycles. The molecule has 0 atom stereocenters. The summed E-state index contributed by atoms with van der Waals surface area (Å²) in [7, 11) is 1.55. The third-order valence-electron chi connectivity index (χ3n) is 1.84. The van der Waals surface area contributed by atoms with Gasteiger partial charge in [-0.15, -0.1) is 0 Å². The zero-order chi connectivity index (χ0) is 8.55. The van der Waals surface area contributed by atoms with Crippen molar-refractivity contribution in [3.05, 3.63) is 23.5 Å². The van der Waals surface area contributed by atoms with Crippen LogP contribution in [-0.4, -0.2) is 18.0 Å². The lowest BCUT2D eigenvalue weighted by Crippen LogP contribution is -2.12. The van der Waals surface area contributed by atoms with Crippen molar-refractivity contribution in [2.24, 2.45) is 0 Å². The van der Waals surface area contributed by atoms with Gasteiger partial charge in [-0.2, -0.15) is 0 Å². The van der Waals surface area contributed by atoms with Gasteiger partial charge in [0.15, 0.2) is 0 Å². The van der Waals surface area contributed by atoms with E-state index in [1.807, 2.05) is 0 Å². The van der Waals surface area contributed by atoms with E-state index in [1.165, 1.54) is 0 Å². The summed E-state index contributed by atoms with van der Waals surface area (Å²) in [5.41, 5.74) is 1.41. The van der Waals surface area contributed by atoms with Crippen molar-refractivity contribution >= 4 is 5.91 Å². The maximum atomic E-state index is 11.1. The summed E-state index contributed by atoms with van der Waals surface area (Å²) in [4.78, 5) is 15.2. The zero-order valence-corrected chi connectivity index (χ0v) is 6.63. The largest absolute Gasteiger partial charge is 0.495 e. The van der Waals surface area contributed by atoms with Gasteiger partial charge in [-0.1, -0.05) is 0 Å². The monoisotopic (exact) mass is 164 g/mol. The molecule has 1 aromatic rings. The molecule has 4 heteroatoms. The SMILES string of the molecule is COc1cnc2c(c1)C(=O)NC2. The number of pyridine rings is 1. The highest BCUT2D eigenvalue weighted by atomic mass is 16.5. The van der Waals surface area contributed by atoms with Gasteiger partial charge in [-0.25, -0.2) is 0 Å². The molecular weight excluding hydrogens is 156 g/mol. The molecule has 1 N–H and O–H groups in total. The molecule has 0 aromatic carbocycles. The molecule has 0 bridgehead atoms. The maximum Gasteiger partial charge on any atom is 0.253 e. The first-order valence-corrected chi connectivity index (χ1v) is 3.62. The Hall–Kier alpha value is -1.58. The van der Waals surface area contributed by atoms with Crippen LogP contribution >= 0.6 is 0 Å². The highest BCUT2D eigenvalue weighted by molar-refractivity contribution is 5.98. The molecule has 0 fully saturated rings. The molecular formula is C8H8N2O2. The topological polar surface area (TPSA) is 51.2 Å². The number of nitrogens with one attached hydrogen (secondary N) is 1. The minimum Gasteiger partial charge on any atom is -0.495 e. The Morgan fingerprint density at radius 3 is 3.25 bits per heavy atom. The Balaban J connectivity index is 2.50. The Kier molecular flexibility index (Phi) is 1.46. The number of hydrogen-bond donors (Lipinski definition) is 1. The number of fused-ring (bicyclic) bond motifs is 1. The van der Waals surface area contributed by atoms with Crippen molar-refractivity contribution in [1.29, 1.82) is 0 Å². The zero-order valence-electron chi connectivity index (χ0n) is 6.63. The van der Waals surface area contributed by atoms with Crippen molar-refractivity contribution in [1.82, 2.24) is 10.3 Å². The van der Waals surface area contributed by atoms with Gasteiger partial charge in [0.05, 0.1) is 31.1 Å². The van der Waals surface area contributed by atoms with Gasteiger partial charge in [-0.05, 0) is 6.07 Å². The lowest BCUT2D eigenvalue weighted by molar-refractivity contribution is 0.0965. The average Bonchev–Trinajstić information content (AvgIpc) is 2.47. The van der Waals surface area contributed by atoms with E-state index >= 15 is 0 Å².